The summed E-state index contributed by atoms with van der Waals surface area (Å²) in [5.41, 5.74) is 1.29. The van der Waals surface area contributed by atoms with E-state index in [0.717, 1.165) is 56.9 Å². The summed E-state index contributed by atoms with van der Waals surface area (Å²) < 4.78 is 11.3. The molecule has 0 radical (unpaired) electrons. The predicted octanol–water partition coefficient (Wildman–Crippen LogP) is 6.56. The molecule has 170 valence electrons. The number of unbranched alkanes of at least 4 members (excludes halogenated alkanes) is 2. The molecule has 0 aliphatic heterocycles. The minimum Gasteiger partial charge on any atom is -0.465 e. The van der Waals surface area contributed by atoms with Crippen LogP contribution in [0.2, 0.25) is 0 Å². The van der Waals surface area contributed by atoms with Crippen molar-refractivity contribution < 1.29 is 19.1 Å². The summed E-state index contributed by atoms with van der Waals surface area (Å²) >= 11 is 0. The Hall–Kier alpha value is -1.84. The molecule has 4 nitrogen and oxygen atoms in total. The lowest BCUT2D eigenvalue weighted by molar-refractivity contribution is -0.150. The zero-order valence-electron chi connectivity index (χ0n) is 19.7. The SMILES string of the molecule is CCCCC(CC)COC(=O)C1=CC=CC(C)=CC1C(=O)OCC(CC)CCCC. The Kier molecular flexibility index (Phi) is 13.1. The Balaban J connectivity index is 2.79. The summed E-state index contributed by atoms with van der Waals surface area (Å²) in [6.07, 6.45) is 15.8. The fourth-order valence-corrected chi connectivity index (χ4v) is 3.57. The average molecular weight is 419 g/mol. The van der Waals surface area contributed by atoms with E-state index in [0.29, 0.717) is 30.6 Å². The molecule has 1 rings (SSSR count). The van der Waals surface area contributed by atoms with E-state index in [2.05, 4.69) is 27.7 Å². The lowest BCUT2D eigenvalue weighted by Crippen LogP contribution is -2.26. The quantitative estimate of drug-likeness (QED) is 0.300. The van der Waals surface area contributed by atoms with Gasteiger partial charge in [-0.3, -0.25) is 4.79 Å². The number of ether oxygens (including phenoxy) is 2. The highest BCUT2D eigenvalue weighted by Crippen LogP contribution is 2.24. The van der Waals surface area contributed by atoms with Gasteiger partial charge in [-0.2, -0.15) is 0 Å². The number of carbonyl (C=O) groups excluding carboxylic acids is 2. The van der Waals surface area contributed by atoms with Gasteiger partial charge in [-0.25, -0.2) is 4.79 Å². The average Bonchev–Trinajstić information content (AvgIpc) is 2.95. The van der Waals surface area contributed by atoms with Crippen molar-refractivity contribution in [2.75, 3.05) is 13.2 Å². The fourth-order valence-electron chi connectivity index (χ4n) is 3.57. The summed E-state index contributed by atoms with van der Waals surface area (Å²) in [5, 5.41) is 0. The van der Waals surface area contributed by atoms with Gasteiger partial charge in [-0.1, -0.05) is 96.1 Å². The van der Waals surface area contributed by atoms with E-state index in [9.17, 15) is 9.59 Å². The summed E-state index contributed by atoms with van der Waals surface area (Å²) in [6, 6.07) is 0. The molecule has 1 aliphatic rings. The van der Waals surface area contributed by atoms with Gasteiger partial charge in [0.2, 0.25) is 0 Å². The lowest BCUT2D eigenvalue weighted by Gasteiger charge is -2.20. The molecule has 0 N–H and O–H groups in total. The Labute approximate surface area is 183 Å². The molecule has 0 saturated carbocycles. The van der Waals surface area contributed by atoms with E-state index >= 15 is 0 Å². The van der Waals surface area contributed by atoms with Gasteiger partial charge in [0.1, 0.15) is 5.92 Å². The molecular formula is C26H42O4. The van der Waals surface area contributed by atoms with E-state index in [1.807, 2.05) is 13.0 Å². The standard InChI is InChI=1S/C26H42O4/c1-6-10-14-21(8-3)18-29-25(27)23-16-12-13-20(5)17-24(23)26(28)30-19-22(9-4)15-11-7-2/h12-13,16-17,21-22,24H,6-11,14-15,18-19H2,1-5H3. The van der Waals surface area contributed by atoms with E-state index < -0.39 is 11.9 Å². The van der Waals surface area contributed by atoms with Crippen molar-refractivity contribution in [3.8, 4) is 0 Å². The normalized spacial score (nSPS) is 18.1. The van der Waals surface area contributed by atoms with Gasteiger partial charge in [0.05, 0.1) is 18.8 Å². The van der Waals surface area contributed by atoms with Gasteiger partial charge in [-0.15, -0.1) is 0 Å². The van der Waals surface area contributed by atoms with Crippen molar-refractivity contribution in [1.29, 1.82) is 0 Å². The number of esters is 2. The van der Waals surface area contributed by atoms with Crippen LogP contribution in [-0.4, -0.2) is 25.2 Å². The van der Waals surface area contributed by atoms with E-state index in [4.69, 9.17) is 9.47 Å². The van der Waals surface area contributed by atoms with Crippen molar-refractivity contribution >= 4 is 11.9 Å². The second-order valence-corrected chi connectivity index (χ2v) is 8.43. The van der Waals surface area contributed by atoms with Gasteiger partial charge in [0.25, 0.3) is 0 Å². The maximum absolute atomic E-state index is 12.9. The minimum absolute atomic E-state index is 0.361. The summed E-state index contributed by atoms with van der Waals surface area (Å²) in [4.78, 5) is 25.7. The van der Waals surface area contributed by atoms with Crippen molar-refractivity contribution in [3.63, 3.8) is 0 Å². The van der Waals surface area contributed by atoms with Crippen LogP contribution in [0.5, 0.6) is 0 Å². The largest absolute Gasteiger partial charge is 0.465 e. The molecule has 0 spiro atoms. The highest BCUT2D eigenvalue weighted by atomic mass is 16.5. The van der Waals surface area contributed by atoms with E-state index in [1.54, 1.807) is 18.2 Å². The van der Waals surface area contributed by atoms with Gasteiger partial charge in [-0.05, 0) is 31.6 Å². The van der Waals surface area contributed by atoms with Gasteiger partial charge < -0.3 is 9.47 Å². The Morgan fingerprint density at radius 3 is 2.03 bits per heavy atom. The van der Waals surface area contributed by atoms with Crippen LogP contribution in [0.15, 0.2) is 35.5 Å². The molecule has 3 atom stereocenters. The maximum atomic E-state index is 12.9. The number of hydrogen-bond donors (Lipinski definition) is 0. The smallest absolute Gasteiger partial charge is 0.335 e. The Morgan fingerprint density at radius 1 is 0.933 bits per heavy atom. The number of carbonyl (C=O) groups is 2. The van der Waals surface area contributed by atoms with E-state index in [1.165, 1.54) is 0 Å². The number of allylic oxidation sites excluding steroid dienone is 4. The number of rotatable bonds is 14. The van der Waals surface area contributed by atoms with Gasteiger partial charge >= 0.3 is 11.9 Å². The van der Waals surface area contributed by atoms with Gasteiger partial charge in [0.15, 0.2) is 0 Å². The topological polar surface area (TPSA) is 52.6 Å². The van der Waals surface area contributed by atoms with Crippen LogP contribution in [0.25, 0.3) is 0 Å². The molecular weight excluding hydrogens is 376 g/mol. The van der Waals surface area contributed by atoms with Crippen LogP contribution in [0.1, 0.15) is 86.0 Å². The van der Waals surface area contributed by atoms with Crippen molar-refractivity contribution in [2.45, 2.75) is 86.0 Å². The first-order valence-corrected chi connectivity index (χ1v) is 11.9. The predicted molar refractivity (Wildman–Crippen MR) is 123 cm³/mol. The summed E-state index contributed by atoms with van der Waals surface area (Å²) in [5.74, 6) is -0.768. The first-order chi connectivity index (χ1) is 14.5. The molecule has 1 aliphatic carbocycles. The minimum atomic E-state index is -0.716. The zero-order chi connectivity index (χ0) is 22.4. The molecule has 0 bridgehead atoms. The molecule has 3 unspecified atom stereocenters. The zero-order valence-corrected chi connectivity index (χ0v) is 19.7. The Bertz CT molecular complexity index is 615. The van der Waals surface area contributed by atoms with Crippen LogP contribution in [0, 0.1) is 17.8 Å². The molecule has 30 heavy (non-hydrogen) atoms. The van der Waals surface area contributed by atoms with E-state index in [-0.39, 0.29) is 5.97 Å². The summed E-state index contributed by atoms with van der Waals surface area (Å²) in [7, 11) is 0. The van der Waals surface area contributed by atoms with Crippen LogP contribution in [0.3, 0.4) is 0 Å². The van der Waals surface area contributed by atoms with Crippen LogP contribution in [0.4, 0.5) is 0 Å². The second kappa shape index (κ2) is 15.0. The lowest BCUT2D eigenvalue weighted by atomic mass is 9.96. The third kappa shape index (κ3) is 9.32. The molecule has 0 fully saturated rings. The third-order valence-corrected chi connectivity index (χ3v) is 5.89. The molecule has 0 aromatic heterocycles. The van der Waals surface area contributed by atoms with Crippen molar-refractivity contribution in [1.82, 2.24) is 0 Å². The fraction of sp³-hybridized carbons (Fsp3) is 0.692. The summed E-state index contributed by atoms with van der Waals surface area (Å²) in [6.45, 7) is 11.3. The maximum Gasteiger partial charge on any atom is 0.335 e. The molecule has 0 aromatic rings. The monoisotopic (exact) mass is 418 g/mol. The highest BCUT2D eigenvalue weighted by molar-refractivity contribution is 5.97. The number of hydrogen-bond acceptors (Lipinski definition) is 4. The van der Waals surface area contributed by atoms with Crippen LogP contribution in [-0.2, 0) is 19.1 Å². The molecule has 0 amide bonds. The Morgan fingerprint density at radius 2 is 1.50 bits per heavy atom. The first-order valence-electron chi connectivity index (χ1n) is 11.9. The molecule has 4 heteroatoms. The highest BCUT2D eigenvalue weighted by Gasteiger charge is 2.30. The molecule has 0 heterocycles. The van der Waals surface area contributed by atoms with Crippen molar-refractivity contribution in [3.05, 3.63) is 35.5 Å². The second-order valence-electron chi connectivity index (χ2n) is 8.43. The van der Waals surface area contributed by atoms with Gasteiger partial charge in [0, 0.05) is 0 Å². The van der Waals surface area contributed by atoms with Crippen LogP contribution >= 0.6 is 0 Å². The molecule has 0 saturated heterocycles. The van der Waals surface area contributed by atoms with Crippen LogP contribution < -0.4 is 0 Å². The van der Waals surface area contributed by atoms with Crippen molar-refractivity contribution in [2.24, 2.45) is 17.8 Å². The third-order valence-electron chi connectivity index (χ3n) is 5.89. The molecule has 0 aromatic carbocycles. The first kappa shape index (κ1) is 26.2.